The summed E-state index contributed by atoms with van der Waals surface area (Å²) in [6.45, 7) is 1.16. The summed E-state index contributed by atoms with van der Waals surface area (Å²) in [5, 5.41) is 3.13. The highest BCUT2D eigenvalue weighted by atomic mass is 16.2. The largest absolute Gasteiger partial charge is 0.353 e. The van der Waals surface area contributed by atoms with Gasteiger partial charge in [-0.1, -0.05) is 19.3 Å². The summed E-state index contributed by atoms with van der Waals surface area (Å²) in [6, 6.07) is -0.0691. The van der Waals surface area contributed by atoms with Crippen molar-refractivity contribution in [1.29, 1.82) is 0 Å². The highest BCUT2D eigenvalue weighted by Crippen LogP contribution is 2.20. The second kappa shape index (κ2) is 6.07. The molecule has 1 aliphatic heterocycles. The molecule has 0 aromatic carbocycles. The smallest absolute Gasteiger partial charge is 0.314 e. The first-order valence-electron chi connectivity index (χ1n) is 7.01. The summed E-state index contributed by atoms with van der Waals surface area (Å²) < 4.78 is 0. The summed E-state index contributed by atoms with van der Waals surface area (Å²) >= 11 is 0. The Kier molecular flexibility index (Phi) is 4.44. The number of urea groups is 1. The number of carbonyl (C=O) groups is 2. The number of carbonyl (C=O) groups excluding carboxylic acids is 2. The van der Waals surface area contributed by atoms with Crippen molar-refractivity contribution in [2.45, 2.75) is 51.0 Å². The highest BCUT2D eigenvalue weighted by molar-refractivity contribution is 5.80. The molecule has 1 aliphatic carbocycles. The fourth-order valence-electron chi connectivity index (χ4n) is 2.96. The van der Waals surface area contributed by atoms with Crippen molar-refractivity contribution in [1.82, 2.24) is 10.2 Å². The van der Waals surface area contributed by atoms with Gasteiger partial charge in [-0.15, -0.1) is 0 Å². The fraction of sp³-hybridized carbons (Fsp3) is 0.846. The van der Waals surface area contributed by atoms with Gasteiger partial charge in [-0.2, -0.15) is 0 Å². The fourth-order valence-corrected chi connectivity index (χ4v) is 2.96. The van der Waals surface area contributed by atoms with E-state index >= 15 is 0 Å². The molecule has 1 saturated heterocycles. The van der Waals surface area contributed by atoms with Gasteiger partial charge in [0, 0.05) is 19.1 Å². The number of nitrogens with one attached hydrogen (secondary N) is 1. The lowest BCUT2D eigenvalue weighted by atomic mass is 9.93. The molecule has 3 N–H and O–H groups in total. The minimum absolute atomic E-state index is 0.0758. The lowest BCUT2D eigenvalue weighted by Gasteiger charge is -2.32. The molecule has 0 radical (unpaired) electrons. The quantitative estimate of drug-likeness (QED) is 0.776. The minimum Gasteiger partial charge on any atom is -0.353 e. The molecule has 3 amide bonds. The van der Waals surface area contributed by atoms with E-state index in [1.165, 1.54) is 19.3 Å². The van der Waals surface area contributed by atoms with Crippen LogP contribution >= 0.6 is 0 Å². The van der Waals surface area contributed by atoms with Crippen LogP contribution in [0.15, 0.2) is 0 Å². The molecule has 1 unspecified atom stereocenters. The molecule has 2 rings (SSSR count). The van der Waals surface area contributed by atoms with E-state index in [0.29, 0.717) is 19.1 Å². The van der Waals surface area contributed by atoms with Crippen LogP contribution in [-0.2, 0) is 4.79 Å². The summed E-state index contributed by atoms with van der Waals surface area (Å²) in [4.78, 5) is 24.9. The van der Waals surface area contributed by atoms with E-state index in [2.05, 4.69) is 5.32 Å². The Bertz CT molecular complexity index is 313. The molecule has 1 atom stereocenters. The predicted molar refractivity (Wildman–Crippen MR) is 68.9 cm³/mol. The van der Waals surface area contributed by atoms with Crippen molar-refractivity contribution in [3.05, 3.63) is 0 Å². The molecule has 1 heterocycles. The van der Waals surface area contributed by atoms with Gasteiger partial charge in [-0.3, -0.25) is 4.79 Å². The zero-order chi connectivity index (χ0) is 13.0. The summed E-state index contributed by atoms with van der Waals surface area (Å²) in [6.07, 6.45) is 7.63. The van der Waals surface area contributed by atoms with E-state index in [-0.39, 0.29) is 11.8 Å². The normalized spacial score (nSPS) is 25.8. The number of hydrogen-bond donors (Lipinski definition) is 2. The van der Waals surface area contributed by atoms with E-state index in [9.17, 15) is 9.59 Å². The van der Waals surface area contributed by atoms with Crippen molar-refractivity contribution in [2.75, 3.05) is 13.1 Å². The van der Waals surface area contributed by atoms with Gasteiger partial charge in [0.2, 0.25) is 5.91 Å². The minimum atomic E-state index is -0.412. The molecule has 5 heteroatoms. The molecule has 0 aromatic heterocycles. The van der Waals surface area contributed by atoms with Crippen LogP contribution in [0.4, 0.5) is 4.79 Å². The van der Waals surface area contributed by atoms with Crippen molar-refractivity contribution >= 4 is 11.9 Å². The average molecular weight is 253 g/mol. The second-order valence-electron chi connectivity index (χ2n) is 5.47. The van der Waals surface area contributed by atoms with E-state index < -0.39 is 6.03 Å². The third-order valence-corrected chi connectivity index (χ3v) is 4.06. The molecule has 1 saturated carbocycles. The van der Waals surface area contributed by atoms with Gasteiger partial charge in [0.25, 0.3) is 0 Å². The maximum Gasteiger partial charge on any atom is 0.314 e. The van der Waals surface area contributed by atoms with Crippen molar-refractivity contribution in [2.24, 2.45) is 11.7 Å². The van der Waals surface area contributed by atoms with Crippen LogP contribution in [0.25, 0.3) is 0 Å². The van der Waals surface area contributed by atoms with Crippen LogP contribution in [0.2, 0.25) is 0 Å². The Morgan fingerprint density at radius 3 is 2.44 bits per heavy atom. The summed E-state index contributed by atoms with van der Waals surface area (Å²) in [7, 11) is 0. The molecule has 2 aliphatic rings. The monoisotopic (exact) mass is 253 g/mol. The van der Waals surface area contributed by atoms with Crippen LogP contribution in [-0.4, -0.2) is 36.0 Å². The zero-order valence-electron chi connectivity index (χ0n) is 10.9. The lowest BCUT2D eigenvalue weighted by Crippen LogP contribution is -2.49. The van der Waals surface area contributed by atoms with E-state index in [1.54, 1.807) is 4.90 Å². The zero-order valence-corrected chi connectivity index (χ0v) is 10.9. The van der Waals surface area contributed by atoms with Gasteiger partial charge < -0.3 is 16.0 Å². The van der Waals surface area contributed by atoms with Crippen LogP contribution in [0.5, 0.6) is 0 Å². The van der Waals surface area contributed by atoms with E-state index in [1.807, 2.05) is 0 Å². The Morgan fingerprint density at radius 1 is 1.06 bits per heavy atom. The van der Waals surface area contributed by atoms with Gasteiger partial charge >= 0.3 is 6.03 Å². The van der Waals surface area contributed by atoms with E-state index in [4.69, 9.17) is 5.73 Å². The van der Waals surface area contributed by atoms with Crippen LogP contribution in [0.3, 0.4) is 0 Å². The maximum atomic E-state index is 12.1. The molecule has 2 fully saturated rings. The first-order valence-corrected chi connectivity index (χ1v) is 7.01. The number of primary amides is 1. The van der Waals surface area contributed by atoms with E-state index in [0.717, 1.165) is 25.7 Å². The Balaban J connectivity index is 1.82. The van der Waals surface area contributed by atoms with Crippen LogP contribution in [0.1, 0.15) is 44.9 Å². The first-order chi connectivity index (χ1) is 8.66. The molecule has 102 valence electrons. The second-order valence-corrected chi connectivity index (χ2v) is 5.47. The van der Waals surface area contributed by atoms with Crippen molar-refractivity contribution in [3.63, 3.8) is 0 Å². The first kappa shape index (κ1) is 13.2. The number of hydrogen-bond acceptors (Lipinski definition) is 2. The number of amides is 3. The Morgan fingerprint density at radius 2 is 1.78 bits per heavy atom. The van der Waals surface area contributed by atoms with Gasteiger partial charge in [-0.05, 0) is 25.7 Å². The molecular weight excluding hydrogens is 230 g/mol. The Hall–Kier alpha value is -1.26. The average Bonchev–Trinajstić information content (AvgIpc) is 2.40. The van der Waals surface area contributed by atoms with Crippen molar-refractivity contribution in [3.8, 4) is 0 Å². The molecule has 5 nitrogen and oxygen atoms in total. The molecular formula is C13H23N3O2. The lowest BCUT2D eigenvalue weighted by molar-refractivity contribution is -0.127. The number of rotatable bonds is 2. The van der Waals surface area contributed by atoms with Gasteiger partial charge in [-0.25, -0.2) is 4.79 Å². The van der Waals surface area contributed by atoms with Gasteiger partial charge in [0.15, 0.2) is 0 Å². The topological polar surface area (TPSA) is 75.4 Å². The third-order valence-electron chi connectivity index (χ3n) is 4.06. The number of piperidine rings is 1. The Labute approximate surface area is 108 Å². The SMILES string of the molecule is NC(=O)N1CCCC(C(=O)NC2CCCCC2)C1. The van der Waals surface area contributed by atoms with Gasteiger partial charge in [0.1, 0.15) is 0 Å². The number of likely N-dealkylation sites (tertiary alicyclic amines) is 1. The van der Waals surface area contributed by atoms with Gasteiger partial charge in [0.05, 0.1) is 5.92 Å². The number of nitrogens with zero attached hydrogens (tertiary/aromatic N) is 1. The highest BCUT2D eigenvalue weighted by Gasteiger charge is 2.28. The van der Waals surface area contributed by atoms with Crippen molar-refractivity contribution < 1.29 is 9.59 Å². The third kappa shape index (κ3) is 3.37. The summed E-state index contributed by atoms with van der Waals surface area (Å²) in [5.41, 5.74) is 5.27. The molecule has 18 heavy (non-hydrogen) atoms. The summed E-state index contributed by atoms with van der Waals surface area (Å²) in [5.74, 6) is 0.0287. The molecule has 0 spiro atoms. The molecule has 0 bridgehead atoms. The maximum absolute atomic E-state index is 12.1. The van der Waals surface area contributed by atoms with Crippen LogP contribution < -0.4 is 11.1 Å². The molecule has 0 aromatic rings. The predicted octanol–water partition coefficient (Wildman–Crippen LogP) is 1.23. The standard InChI is InChI=1S/C13H23N3O2/c14-13(18)16-8-4-5-10(9-16)12(17)15-11-6-2-1-3-7-11/h10-11H,1-9H2,(H2,14,18)(H,15,17). The number of nitrogens with two attached hydrogens (primary N) is 1. The van der Waals surface area contributed by atoms with Crippen LogP contribution in [0, 0.1) is 5.92 Å².